The molecule has 1 unspecified atom stereocenters. The van der Waals surface area contributed by atoms with E-state index in [0.29, 0.717) is 16.5 Å². The first-order chi connectivity index (χ1) is 11.8. The molecule has 1 heterocycles. The van der Waals surface area contributed by atoms with E-state index in [0.717, 1.165) is 5.56 Å². The van der Waals surface area contributed by atoms with E-state index >= 15 is 0 Å². The molecule has 1 amide bonds. The number of hydrogen-bond donors (Lipinski definition) is 2. The zero-order chi connectivity index (χ0) is 18.0. The second-order valence-electron chi connectivity index (χ2n) is 5.98. The highest BCUT2D eigenvalue weighted by Crippen LogP contribution is 2.29. The molecule has 0 aromatic heterocycles. The Morgan fingerprint density at radius 3 is 2.80 bits per heavy atom. The topological polar surface area (TPSA) is 74.2 Å². The largest absolute Gasteiger partial charge is 0.508 e. The molecule has 0 spiro atoms. The molecule has 130 valence electrons. The first-order valence-electron chi connectivity index (χ1n) is 7.72. The lowest BCUT2D eigenvalue weighted by atomic mass is 10.1. The van der Waals surface area contributed by atoms with E-state index < -0.39 is 5.72 Å². The molecule has 1 atom stereocenters. The lowest BCUT2D eigenvalue weighted by Crippen LogP contribution is -2.32. The third-order valence-corrected chi connectivity index (χ3v) is 3.91. The van der Waals surface area contributed by atoms with Crippen LogP contribution in [-0.2, 0) is 9.63 Å². The Morgan fingerprint density at radius 2 is 2.08 bits per heavy atom. The molecule has 0 radical (unpaired) electrons. The summed E-state index contributed by atoms with van der Waals surface area (Å²) in [5.74, 6) is 0.426. The summed E-state index contributed by atoms with van der Waals surface area (Å²) in [4.78, 5) is 22.6. The van der Waals surface area contributed by atoms with Crippen LogP contribution in [-0.4, -0.2) is 34.7 Å². The zero-order valence-electron chi connectivity index (χ0n) is 13.9. The quantitative estimate of drug-likeness (QED) is 0.877. The van der Waals surface area contributed by atoms with E-state index in [2.05, 4.69) is 10.3 Å². The molecule has 6 nitrogen and oxygen atoms in total. The maximum atomic E-state index is 12.3. The zero-order valence-corrected chi connectivity index (χ0v) is 14.6. The number of nitrogens with zero attached hydrogens (tertiary/aromatic N) is 2. The van der Waals surface area contributed by atoms with Gasteiger partial charge in [-0.1, -0.05) is 29.8 Å². The van der Waals surface area contributed by atoms with Gasteiger partial charge in [-0.3, -0.25) is 4.79 Å². The fourth-order valence-corrected chi connectivity index (χ4v) is 2.88. The standard InChI is InChI=1S/C18H18ClN3O3/c1-18(11-16(24)20-14-7-4-8-15(23)10-14)21-17(22(2)25-18)12-5-3-6-13(19)9-12/h3-10,23H,11H2,1-2H3,(H,20,24). The Hall–Kier alpha value is -2.57. The summed E-state index contributed by atoms with van der Waals surface area (Å²) >= 11 is 6.03. The number of phenolic OH excluding ortho intramolecular Hbond substituents is 1. The number of aromatic hydroxyl groups is 1. The van der Waals surface area contributed by atoms with Gasteiger partial charge in [-0.25, -0.2) is 14.9 Å². The normalized spacial score (nSPS) is 19.6. The van der Waals surface area contributed by atoms with Crippen molar-refractivity contribution in [2.45, 2.75) is 19.1 Å². The minimum atomic E-state index is -1.02. The van der Waals surface area contributed by atoms with Gasteiger partial charge in [0.2, 0.25) is 5.91 Å². The van der Waals surface area contributed by atoms with Crippen LogP contribution in [0.4, 0.5) is 5.69 Å². The molecule has 7 heteroatoms. The molecule has 0 aliphatic carbocycles. The first-order valence-corrected chi connectivity index (χ1v) is 8.10. The van der Waals surface area contributed by atoms with Crippen molar-refractivity contribution in [1.82, 2.24) is 5.06 Å². The molecule has 0 fully saturated rings. The molecule has 3 rings (SSSR count). The fourth-order valence-electron chi connectivity index (χ4n) is 2.69. The number of carbonyl (C=O) groups excluding carboxylic acids is 1. The van der Waals surface area contributed by atoms with E-state index in [-0.39, 0.29) is 18.1 Å². The number of hydroxylamine groups is 2. The van der Waals surface area contributed by atoms with Crippen LogP contribution < -0.4 is 5.32 Å². The summed E-state index contributed by atoms with van der Waals surface area (Å²) < 4.78 is 0. The lowest BCUT2D eigenvalue weighted by Gasteiger charge is -2.21. The number of aliphatic imine (C=N–C) groups is 1. The average molecular weight is 360 g/mol. The minimum absolute atomic E-state index is 0.0249. The Labute approximate surface area is 150 Å². The van der Waals surface area contributed by atoms with Gasteiger partial charge in [0.15, 0.2) is 11.6 Å². The number of amidine groups is 1. The second kappa shape index (κ2) is 6.74. The second-order valence-corrected chi connectivity index (χ2v) is 6.42. The summed E-state index contributed by atoms with van der Waals surface area (Å²) in [5, 5.41) is 14.3. The van der Waals surface area contributed by atoms with Gasteiger partial charge in [0, 0.05) is 29.4 Å². The van der Waals surface area contributed by atoms with Crippen LogP contribution in [0.3, 0.4) is 0 Å². The van der Waals surface area contributed by atoms with Gasteiger partial charge in [0.25, 0.3) is 0 Å². The Bertz CT molecular complexity index is 840. The van der Waals surface area contributed by atoms with E-state index in [1.807, 2.05) is 12.1 Å². The van der Waals surface area contributed by atoms with Crippen LogP contribution in [0, 0.1) is 0 Å². The van der Waals surface area contributed by atoms with Crippen molar-refractivity contribution >= 4 is 29.0 Å². The number of phenols is 1. The van der Waals surface area contributed by atoms with Gasteiger partial charge in [0.1, 0.15) is 5.75 Å². The molecule has 0 saturated heterocycles. The van der Waals surface area contributed by atoms with E-state index in [1.165, 1.54) is 17.2 Å². The van der Waals surface area contributed by atoms with Crippen LogP contribution in [0.1, 0.15) is 18.9 Å². The maximum Gasteiger partial charge on any atom is 0.229 e. The van der Waals surface area contributed by atoms with Crippen molar-refractivity contribution in [3.8, 4) is 5.75 Å². The molecule has 0 saturated carbocycles. The van der Waals surface area contributed by atoms with Crippen molar-refractivity contribution in [1.29, 1.82) is 0 Å². The number of nitrogens with one attached hydrogen (secondary N) is 1. The highest BCUT2D eigenvalue weighted by molar-refractivity contribution is 6.31. The van der Waals surface area contributed by atoms with Crippen molar-refractivity contribution in [3.63, 3.8) is 0 Å². The van der Waals surface area contributed by atoms with Gasteiger partial charge < -0.3 is 10.4 Å². The van der Waals surface area contributed by atoms with Crippen LogP contribution in [0.25, 0.3) is 0 Å². The van der Waals surface area contributed by atoms with Gasteiger partial charge in [-0.15, -0.1) is 0 Å². The summed E-state index contributed by atoms with van der Waals surface area (Å²) in [7, 11) is 1.73. The van der Waals surface area contributed by atoms with Crippen LogP contribution in [0.15, 0.2) is 53.5 Å². The number of benzene rings is 2. The third kappa shape index (κ3) is 4.10. The molecule has 25 heavy (non-hydrogen) atoms. The number of halogens is 1. The van der Waals surface area contributed by atoms with Crippen molar-refractivity contribution in [3.05, 3.63) is 59.1 Å². The fraction of sp³-hybridized carbons (Fsp3) is 0.222. The number of rotatable bonds is 4. The molecule has 2 aromatic carbocycles. The molecule has 1 aliphatic heterocycles. The lowest BCUT2D eigenvalue weighted by molar-refractivity contribution is -0.164. The predicted octanol–water partition coefficient (Wildman–Crippen LogP) is 3.41. The van der Waals surface area contributed by atoms with Crippen molar-refractivity contribution in [2.75, 3.05) is 12.4 Å². The Kier molecular flexibility index (Phi) is 4.65. The molecular formula is C18H18ClN3O3. The van der Waals surface area contributed by atoms with E-state index in [1.54, 1.807) is 38.2 Å². The summed E-state index contributed by atoms with van der Waals surface area (Å²) in [6.07, 6.45) is 0.0249. The average Bonchev–Trinajstić information content (AvgIpc) is 2.81. The van der Waals surface area contributed by atoms with Crippen molar-refractivity contribution < 1.29 is 14.7 Å². The third-order valence-electron chi connectivity index (χ3n) is 3.68. The van der Waals surface area contributed by atoms with E-state index in [9.17, 15) is 9.90 Å². The maximum absolute atomic E-state index is 12.3. The predicted molar refractivity (Wildman–Crippen MR) is 96.6 cm³/mol. The number of carbonyl (C=O) groups is 1. The van der Waals surface area contributed by atoms with Crippen LogP contribution >= 0.6 is 11.6 Å². The summed E-state index contributed by atoms with van der Waals surface area (Å²) in [5.41, 5.74) is 0.305. The van der Waals surface area contributed by atoms with Gasteiger partial charge in [-0.05, 0) is 31.2 Å². The van der Waals surface area contributed by atoms with Gasteiger partial charge in [-0.2, -0.15) is 0 Å². The number of amides is 1. The number of anilines is 1. The highest BCUT2D eigenvalue weighted by Gasteiger charge is 2.37. The summed E-state index contributed by atoms with van der Waals surface area (Å²) in [6.45, 7) is 1.74. The SMILES string of the molecule is CN1OC(C)(CC(=O)Nc2cccc(O)c2)N=C1c1cccc(Cl)c1. The molecule has 2 aromatic rings. The monoisotopic (exact) mass is 359 g/mol. The van der Waals surface area contributed by atoms with Gasteiger partial charge >= 0.3 is 0 Å². The smallest absolute Gasteiger partial charge is 0.229 e. The van der Waals surface area contributed by atoms with E-state index in [4.69, 9.17) is 16.4 Å². The first kappa shape index (κ1) is 17.3. The molecular weight excluding hydrogens is 342 g/mol. The Balaban J connectivity index is 1.74. The molecule has 1 aliphatic rings. The summed E-state index contributed by atoms with van der Waals surface area (Å²) in [6, 6.07) is 13.6. The number of hydrogen-bond acceptors (Lipinski definition) is 5. The highest BCUT2D eigenvalue weighted by atomic mass is 35.5. The minimum Gasteiger partial charge on any atom is -0.508 e. The Morgan fingerprint density at radius 1 is 1.32 bits per heavy atom. The van der Waals surface area contributed by atoms with Crippen LogP contribution in [0.5, 0.6) is 5.75 Å². The van der Waals surface area contributed by atoms with Crippen LogP contribution in [0.2, 0.25) is 5.02 Å². The molecule has 0 bridgehead atoms. The molecule has 2 N–H and O–H groups in total. The van der Waals surface area contributed by atoms with Gasteiger partial charge in [0.05, 0.1) is 6.42 Å². The van der Waals surface area contributed by atoms with Crippen molar-refractivity contribution in [2.24, 2.45) is 4.99 Å².